The SMILES string of the molecule is O=C1Cc2cc(F)ccc2C(=O)O1. The van der Waals surface area contributed by atoms with Crippen LogP contribution in [0.25, 0.3) is 0 Å². The van der Waals surface area contributed by atoms with E-state index in [4.69, 9.17) is 0 Å². The van der Waals surface area contributed by atoms with Gasteiger partial charge in [-0.1, -0.05) is 0 Å². The molecule has 0 spiro atoms. The van der Waals surface area contributed by atoms with Gasteiger partial charge < -0.3 is 4.74 Å². The molecule has 3 nitrogen and oxygen atoms in total. The van der Waals surface area contributed by atoms with E-state index in [-0.39, 0.29) is 12.0 Å². The van der Waals surface area contributed by atoms with Gasteiger partial charge in [0.2, 0.25) is 0 Å². The van der Waals surface area contributed by atoms with Gasteiger partial charge in [0.1, 0.15) is 5.82 Å². The number of ether oxygens (including phenoxy) is 1. The van der Waals surface area contributed by atoms with Crippen LogP contribution in [0.1, 0.15) is 15.9 Å². The van der Waals surface area contributed by atoms with Crippen LogP contribution in [0.2, 0.25) is 0 Å². The monoisotopic (exact) mass is 180 g/mol. The number of esters is 2. The number of benzene rings is 1. The van der Waals surface area contributed by atoms with E-state index in [0.29, 0.717) is 5.56 Å². The standard InChI is InChI=1S/C9H5FO3/c10-6-1-2-7-5(3-6)4-8(11)13-9(7)12/h1-3H,4H2. The van der Waals surface area contributed by atoms with E-state index in [1.165, 1.54) is 12.1 Å². The zero-order valence-electron chi connectivity index (χ0n) is 6.54. The van der Waals surface area contributed by atoms with Crippen LogP contribution in [0, 0.1) is 5.82 Å². The minimum absolute atomic E-state index is 0.0428. The summed E-state index contributed by atoms with van der Waals surface area (Å²) in [5, 5.41) is 0. The number of rotatable bonds is 0. The molecule has 0 aliphatic carbocycles. The number of carbonyl (C=O) groups excluding carboxylic acids is 2. The van der Waals surface area contributed by atoms with Crippen LogP contribution in [-0.2, 0) is 16.0 Å². The van der Waals surface area contributed by atoms with Crippen molar-refractivity contribution in [3.8, 4) is 0 Å². The van der Waals surface area contributed by atoms with Crippen molar-refractivity contribution in [3.63, 3.8) is 0 Å². The molecular formula is C9H5FO3. The predicted octanol–water partition coefficient (Wildman–Crippen LogP) is 1.07. The quantitative estimate of drug-likeness (QED) is 0.443. The average molecular weight is 180 g/mol. The minimum atomic E-state index is -0.703. The Hall–Kier alpha value is -1.71. The highest BCUT2D eigenvalue weighted by atomic mass is 19.1. The molecule has 0 saturated carbocycles. The molecule has 1 aliphatic heterocycles. The number of fused-ring (bicyclic) bond motifs is 1. The molecule has 66 valence electrons. The van der Waals surface area contributed by atoms with Crippen LogP contribution in [0.4, 0.5) is 4.39 Å². The number of hydrogen-bond acceptors (Lipinski definition) is 3. The summed E-state index contributed by atoms with van der Waals surface area (Å²) < 4.78 is 17.0. The Morgan fingerprint density at radius 3 is 2.85 bits per heavy atom. The molecule has 0 amide bonds. The first kappa shape index (κ1) is 7.91. The maximum absolute atomic E-state index is 12.7. The second kappa shape index (κ2) is 2.65. The van der Waals surface area contributed by atoms with Crippen molar-refractivity contribution in [1.29, 1.82) is 0 Å². The Kier molecular flexibility index (Phi) is 1.62. The van der Waals surface area contributed by atoms with Gasteiger partial charge in [0, 0.05) is 0 Å². The minimum Gasteiger partial charge on any atom is -0.389 e. The summed E-state index contributed by atoms with van der Waals surface area (Å²) in [6.07, 6.45) is -0.0428. The summed E-state index contributed by atoms with van der Waals surface area (Å²) in [5.41, 5.74) is 0.655. The van der Waals surface area contributed by atoms with E-state index >= 15 is 0 Å². The first-order valence-corrected chi connectivity index (χ1v) is 3.70. The third-order valence-corrected chi connectivity index (χ3v) is 1.83. The fourth-order valence-corrected chi connectivity index (χ4v) is 1.26. The molecule has 0 fully saturated rings. The first-order chi connectivity index (χ1) is 6.16. The lowest BCUT2D eigenvalue weighted by atomic mass is 10.0. The van der Waals surface area contributed by atoms with E-state index in [0.717, 1.165) is 6.07 Å². The van der Waals surface area contributed by atoms with Crippen LogP contribution in [-0.4, -0.2) is 11.9 Å². The lowest BCUT2D eigenvalue weighted by molar-refractivity contribution is -0.137. The molecule has 1 heterocycles. The third-order valence-electron chi connectivity index (χ3n) is 1.83. The molecule has 4 heteroatoms. The van der Waals surface area contributed by atoms with E-state index in [1.807, 2.05) is 0 Å². The summed E-state index contributed by atoms with van der Waals surface area (Å²) in [6.45, 7) is 0. The molecule has 0 aromatic heterocycles. The van der Waals surface area contributed by atoms with Crippen molar-refractivity contribution in [2.75, 3.05) is 0 Å². The van der Waals surface area contributed by atoms with Gasteiger partial charge in [-0.15, -0.1) is 0 Å². The smallest absolute Gasteiger partial charge is 0.346 e. The highest BCUT2D eigenvalue weighted by molar-refractivity contribution is 6.02. The normalized spacial score (nSPS) is 15.2. The van der Waals surface area contributed by atoms with Gasteiger partial charge in [0.25, 0.3) is 0 Å². The topological polar surface area (TPSA) is 43.4 Å². The molecule has 1 aliphatic rings. The molecule has 0 atom stereocenters. The molecule has 13 heavy (non-hydrogen) atoms. The van der Waals surface area contributed by atoms with Gasteiger partial charge in [0.05, 0.1) is 12.0 Å². The van der Waals surface area contributed by atoms with Crippen LogP contribution < -0.4 is 0 Å². The van der Waals surface area contributed by atoms with E-state index in [2.05, 4.69) is 4.74 Å². The Morgan fingerprint density at radius 2 is 2.08 bits per heavy atom. The van der Waals surface area contributed by atoms with Crippen LogP contribution >= 0.6 is 0 Å². The van der Waals surface area contributed by atoms with Crippen molar-refractivity contribution in [2.45, 2.75) is 6.42 Å². The maximum Gasteiger partial charge on any atom is 0.346 e. The molecule has 1 aromatic carbocycles. The van der Waals surface area contributed by atoms with Gasteiger partial charge in [-0.05, 0) is 23.8 Å². The number of carbonyl (C=O) groups is 2. The Labute approximate surface area is 73.1 Å². The fraction of sp³-hybridized carbons (Fsp3) is 0.111. The van der Waals surface area contributed by atoms with Gasteiger partial charge in [-0.2, -0.15) is 0 Å². The van der Waals surface area contributed by atoms with Gasteiger partial charge >= 0.3 is 11.9 Å². The third kappa shape index (κ3) is 1.30. The van der Waals surface area contributed by atoms with Gasteiger partial charge in [-0.25, -0.2) is 9.18 Å². The summed E-state index contributed by atoms with van der Waals surface area (Å²) in [4.78, 5) is 21.8. The maximum atomic E-state index is 12.7. The molecule has 0 radical (unpaired) electrons. The van der Waals surface area contributed by atoms with Crippen molar-refractivity contribution in [1.82, 2.24) is 0 Å². The van der Waals surface area contributed by atoms with Crippen molar-refractivity contribution in [3.05, 3.63) is 35.1 Å². The zero-order valence-corrected chi connectivity index (χ0v) is 6.54. The number of hydrogen-bond donors (Lipinski definition) is 0. The van der Waals surface area contributed by atoms with E-state index in [1.54, 1.807) is 0 Å². The number of cyclic esters (lactones) is 2. The zero-order chi connectivity index (χ0) is 9.42. The summed E-state index contributed by atoms with van der Waals surface area (Å²) in [5.74, 6) is -1.80. The molecule has 0 unspecified atom stereocenters. The van der Waals surface area contributed by atoms with Crippen LogP contribution in [0.5, 0.6) is 0 Å². The Bertz CT molecular complexity index is 398. The summed E-state index contributed by atoms with van der Waals surface area (Å²) in [6, 6.07) is 3.66. The molecule has 0 N–H and O–H groups in total. The van der Waals surface area contributed by atoms with Crippen molar-refractivity contribution >= 4 is 11.9 Å². The Balaban J connectivity index is 2.55. The molecule has 0 saturated heterocycles. The summed E-state index contributed by atoms with van der Waals surface area (Å²) >= 11 is 0. The van der Waals surface area contributed by atoms with E-state index in [9.17, 15) is 14.0 Å². The second-order valence-corrected chi connectivity index (χ2v) is 2.74. The predicted molar refractivity (Wildman–Crippen MR) is 40.5 cm³/mol. The van der Waals surface area contributed by atoms with Crippen molar-refractivity contribution < 1.29 is 18.7 Å². The number of halogens is 1. The second-order valence-electron chi connectivity index (χ2n) is 2.74. The highest BCUT2D eigenvalue weighted by Crippen LogP contribution is 2.18. The first-order valence-electron chi connectivity index (χ1n) is 3.70. The van der Waals surface area contributed by atoms with Crippen LogP contribution in [0.15, 0.2) is 18.2 Å². The molecule has 2 rings (SSSR count). The van der Waals surface area contributed by atoms with Crippen molar-refractivity contribution in [2.24, 2.45) is 0 Å². The van der Waals surface area contributed by atoms with Gasteiger partial charge in [0.15, 0.2) is 0 Å². The summed E-state index contributed by atoms with van der Waals surface area (Å²) in [7, 11) is 0. The van der Waals surface area contributed by atoms with E-state index < -0.39 is 17.8 Å². The molecular weight excluding hydrogens is 175 g/mol. The highest BCUT2D eigenvalue weighted by Gasteiger charge is 2.24. The van der Waals surface area contributed by atoms with Crippen LogP contribution in [0.3, 0.4) is 0 Å². The largest absolute Gasteiger partial charge is 0.389 e. The average Bonchev–Trinajstić information content (AvgIpc) is 2.02. The lowest BCUT2D eigenvalue weighted by Crippen LogP contribution is -2.22. The molecule has 1 aromatic rings. The Morgan fingerprint density at radius 1 is 1.31 bits per heavy atom. The van der Waals surface area contributed by atoms with Gasteiger partial charge in [-0.3, -0.25) is 4.79 Å². The molecule has 0 bridgehead atoms. The lowest BCUT2D eigenvalue weighted by Gasteiger charge is -2.12. The fourth-order valence-electron chi connectivity index (χ4n) is 1.26.